The molecule has 0 saturated carbocycles. The Bertz CT molecular complexity index is 660. The molecule has 0 heterocycles. The van der Waals surface area contributed by atoms with Gasteiger partial charge in [0.05, 0.1) is 11.2 Å². The zero-order valence-corrected chi connectivity index (χ0v) is 12.4. The van der Waals surface area contributed by atoms with Gasteiger partial charge in [-0.3, -0.25) is 4.79 Å². The zero-order valence-electron chi connectivity index (χ0n) is 10.9. The Morgan fingerprint density at radius 2 is 1.76 bits per heavy atom. The lowest BCUT2D eigenvalue weighted by Gasteiger charge is -2.06. The van der Waals surface area contributed by atoms with Gasteiger partial charge in [0, 0.05) is 10.6 Å². The summed E-state index contributed by atoms with van der Waals surface area (Å²) >= 11 is 11.9. The van der Waals surface area contributed by atoms with E-state index in [9.17, 15) is 4.79 Å². The Labute approximate surface area is 132 Å². The quantitative estimate of drug-likeness (QED) is 0.676. The number of hydrogen-bond donors (Lipinski definition) is 1. The van der Waals surface area contributed by atoms with E-state index in [4.69, 9.17) is 27.9 Å². The molecule has 0 fully saturated rings. The highest BCUT2D eigenvalue weighted by Gasteiger charge is 2.04. The molecule has 1 N–H and O–H groups in total. The number of carbonyl (C=O) groups is 1. The smallest absolute Gasteiger partial charge is 0.277 e. The summed E-state index contributed by atoms with van der Waals surface area (Å²) in [4.78, 5) is 11.6. The van der Waals surface area contributed by atoms with Gasteiger partial charge in [0.1, 0.15) is 5.75 Å². The second-order valence-electron chi connectivity index (χ2n) is 4.03. The van der Waals surface area contributed by atoms with E-state index in [1.807, 2.05) is 12.1 Å². The molecule has 0 bridgehead atoms. The zero-order chi connectivity index (χ0) is 15.1. The third kappa shape index (κ3) is 4.77. The molecule has 2 rings (SSSR count). The first-order chi connectivity index (χ1) is 10.2. The van der Waals surface area contributed by atoms with Crippen molar-refractivity contribution in [3.05, 3.63) is 64.1 Å². The van der Waals surface area contributed by atoms with Gasteiger partial charge >= 0.3 is 0 Å². The van der Waals surface area contributed by atoms with Crippen molar-refractivity contribution in [3.63, 3.8) is 0 Å². The van der Waals surface area contributed by atoms with E-state index in [-0.39, 0.29) is 6.61 Å². The van der Waals surface area contributed by atoms with Crippen LogP contribution in [0.1, 0.15) is 5.56 Å². The largest absolute Gasteiger partial charge is 0.482 e. The molecule has 6 heteroatoms. The van der Waals surface area contributed by atoms with Gasteiger partial charge in [-0.15, -0.1) is 0 Å². The fourth-order valence-corrected chi connectivity index (χ4v) is 1.87. The van der Waals surface area contributed by atoms with E-state index in [1.165, 1.54) is 6.21 Å². The molecule has 0 aliphatic rings. The highest BCUT2D eigenvalue weighted by atomic mass is 35.5. The van der Waals surface area contributed by atoms with Crippen LogP contribution in [0.15, 0.2) is 53.6 Å². The average Bonchev–Trinajstić information content (AvgIpc) is 2.48. The second kappa shape index (κ2) is 7.67. The van der Waals surface area contributed by atoms with E-state index >= 15 is 0 Å². The summed E-state index contributed by atoms with van der Waals surface area (Å²) in [6, 6.07) is 14.1. The lowest BCUT2D eigenvalue weighted by atomic mass is 10.2. The minimum absolute atomic E-state index is 0.177. The van der Waals surface area contributed by atoms with Crippen LogP contribution in [0.2, 0.25) is 10.0 Å². The van der Waals surface area contributed by atoms with Crippen LogP contribution in [-0.2, 0) is 4.79 Å². The molecule has 0 aliphatic heterocycles. The Hall–Kier alpha value is -2.04. The lowest BCUT2D eigenvalue weighted by Crippen LogP contribution is -2.24. The average molecular weight is 323 g/mol. The number of hydrazone groups is 1. The van der Waals surface area contributed by atoms with Crippen LogP contribution in [0.5, 0.6) is 5.75 Å². The van der Waals surface area contributed by atoms with Gasteiger partial charge in [0.2, 0.25) is 0 Å². The van der Waals surface area contributed by atoms with Crippen molar-refractivity contribution in [2.45, 2.75) is 0 Å². The van der Waals surface area contributed by atoms with Gasteiger partial charge in [-0.1, -0.05) is 53.5 Å². The standard InChI is InChI=1S/C15H12Cl2N2O2/c16-12-6-2-1-5-11(12)9-18-19-15(20)10-21-14-8-4-3-7-13(14)17/h1-9H,10H2,(H,19,20). The summed E-state index contributed by atoms with van der Waals surface area (Å²) in [6.45, 7) is -0.177. The van der Waals surface area contributed by atoms with E-state index in [1.54, 1.807) is 36.4 Å². The van der Waals surface area contributed by atoms with Crippen molar-refractivity contribution in [1.82, 2.24) is 5.43 Å². The molecular formula is C15H12Cl2N2O2. The molecule has 2 aromatic carbocycles. The first-order valence-corrected chi connectivity index (χ1v) is 6.86. The number of benzene rings is 2. The molecular weight excluding hydrogens is 311 g/mol. The maximum Gasteiger partial charge on any atom is 0.277 e. The van der Waals surface area contributed by atoms with Crippen molar-refractivity contribution >= 4 is 35.3 Å². The summed E-state index contributed by atoms with van der Waals surface area (Å²) in [5, 5.41) is 4.82. The van der Waals surface area contributed by atoms with E-state index in [0.29, 0.717) is 21.4 Å². The first kappa shape index (κ1) is 15.4. The molecule has 0 spiro atoms. The summed E-state index contributed by atoms with van der Waals surface area (Å²) in [6.07, 6.45) is 1.47. The highest BCUT2D eigenvalue weighted by Crippen LogP contribution is 2.22. The molecule has 108 valence electrons. The molecule has 0 unspecified atom stereocenters. The molecule has 2 aromatic rings. The molecule has 4 nitrogen and oxygen atoms in total. The van der Waals surface area contributed by atoms with E-state index < -0.39 is 5.91 Å². The fourth-order valence-electron chi connectivity index (χ4n) is 1.49. The van der Waals surface area contributed by atoms with Crippen LogP contribution in [0.3, 0.4) is 0 Å². The number of hydrogen-bond acceptors (Lipinski definition) is 3. The van der Waals surface area contributed by atoms with Crippen molar-refractivity contribution in [3.8, 4) is 5.75 Å². The Balaban J connectivity index is 1.83. The molecule has 1 amide bonds. The van der Waals surface area contributed by atoms with Crippen LogP contribution < -0.4 is 10.2 Å². The number of ether oxygens (including phenoxy) is 1. The van der Waals surface area contributed by atoms with Crippen molar-refractivity contribution in [2.24, 2.45) is 5.10 Å². The number of amides is 1. The molecule has 0 aromatic heterocycles. The SMILES string of the molecule is O=C(COc1ccccc1Cl)NN=Cc1ccccc1Cl. The van der Waals surface area contributed by atoms with Crippen molar-refractivity contribution in [1.29, 1.82) is 0 Å². The third-order valence-corrected chi connectivity index (χ3v) is 3.15. The van der Waals surface area contributed by atoms with Gasteiger partial charge in [-0.2, -0.15) is 5.10 Å². The summed E-state index contributed by atoms with van der Waals surface area (Å²) in [7, 11) is 0. The Morgan fingerprint density at radius 3 is 2.48 bits per heavy atom. The maximum atomic E-state index is 11.6. The molecule has 0 radical (unpaired) electrons. The summed E-state index contributed by atoms with van der Waals surface area (Å²) in [5.74, 6) is 0.0580. The maximum absolute atomic E-state index is 11.6. The molecule has 0 aliphatic carbocycles. The summed E-state index contributed by atoms with van der Waals surface area (Å²) in [5.41, 5.74) is 3.07. The second-order valence-corrected chi connectivity index (χ2v) is 4.85. The predicted octanol–water partition coefficient (Wildman–Crippen LogP) is 3.52. The van der Waals surface area contributed by atoms with Crippen LogP contribution in [0.25, 0.3) is 0 Å². The van der Waals surface area contributed by atoms with E-state index in [2.05, 4.69) is 10.5 Å². The minimum Gasteiger partial charge on any atom is -0.482 e. The number of halogens is 2. The lowest BCUT2D eigenvalue weighted by molar-refractivity contribution is -0.123. The summed E-state index contributed by atoms with van der Waals surface area (Å²) < 4.78 is 5.28. The highest BCUT2D eigenvalue weighted by molar-refractivity contribution is 6.33. The Kier molecular flexibility index (Phi) is 5.60. The first-order valence-electron chi connectivity index (χ1n) is 6.10. The van der Waals surface area contributed by atoms with Crippen molar-refractivity contribution in [2.75, 3.05) is 6.61 Å². The van der Waals surface area contributed by atoms with E-state index in [0.717, 1.165) is 0 Å². The predicted molar refractivity (Wildman–Crippen MR) is 84.1 cm³/mol. The van der Waals surface area contributed by atoms with Crippen molar-refractivity contribution < 1.29 is 9.53 Å². The normalized spacial score (nSPS) is 10.6. The van der Waals surface area contributed by atoms with Crippen LogP contribution in [0.4, 0.5) is 0 Å². The monoisotopic (exact) mass is 322 g/mol. The van der Waals surface area contributed by atoms with Gasteiger partial charge in [-0.25, -0.2) is 5.43 Å². The van der Waals surface area contributed by atoms with Gasteiger partial charge in [0.25, 0.3) is 5.91 Å². The van der Waals surface area contributed by atoms with Crippen LogP contribution in [0, 0.1) is 0 Å². The number of nitrogens with zero attached hydrogens (tertiary/aromatic N) is 1. The van der Waals surface area contributed by atoms with Gasteiger partial charge < -0.3 is 4.74 Å². The number of carbonyl (C=O) groups excluding carboxylic acids is 1. The Morgan fingerprint density at radius 1 is 1.10 bits per heavy atom. The molecule has 0 saturated heterocycles. The molecule has 21 heavy (non-hydrogen) atoms. The third-order valence-electron chi connectivity index (χ3n) is 2.49. The minimum atomic E-state index is -0.391. The molecule has 0 atom stereocenters. The van der Waals surface area contributed by atoms with Gasteiger partial charge in [-0.05, 0) is 18.2 Å². The number of para-hydroxylation sites is 1. The van der Waals surface area contributed by atoms with Crippen LogP contribution >= 0.6 is 23.2 Å². The fraction of sp³-hybridized carbons (Fsp3) is 0.0667. The van der Waals surface area contributed by atoms with Gasteiger partial charge in [0.15, 0.2) is 6.61 Å². The van der Waals surface area contributed by atoms with Crippen LogP contribution in [-0.4, -0.2) is 18.7 Å². The number of nitrogens with one attached hydrogen (secondary N) is 1. The topological polar surface area (TPSA) is 50.7 Å². The number of rotatable bonds is 5.